The summed E-state index contributed by atoms with van der Waals surface area (Å²) >= 11 is 0. The molecule has 0 radical (unpaired) electrons. The van der Waals surface area contributed by atoms with Gasteiger partial charge in [0.25, 0.3) is 0 Å². The fraction of sp³-hybridized carbons (Fsp3) is 0.409. The zero-order valence-corrected chi connectivity index (χ0v) is 16.7. The van der Waals surface area contributed by atoms with Gasteiger partial charge < -0.3 is 19.6 Å². The summed E-state index contributed by atoms with van der Waals surface area (Å²) in [5.41, 5.74) is 1.83. The summed E-state index contributed by atoms with van der Waals surface area (Å²) in [7, 11) is 0. The number of rotatable bonds is 7. The Morgan fingerprint density at radius 1 is 1.34 bits per heavy atom. The molecule has 3 aromatic rings. The second kappa shape index (κ2) is 8.11. The van der Waals surface area contributed by atoms with Crippen molar-refractivity contribution in [2.24, 2.45) is 11.8 Å². The molecule has 0 unspecified atom stereocenters. The smallest absolute Gasteiger partial charge is 0.226 e. The Labute approximate surface area is 169 Å². The van der Waals surface area contributed by atoms with E-state index in [1.807, 2.05) is 30.3 Å². The fourth-order valence-electron chi connectivity index (χ4n) is 3.80. The highest BCUT2D eigenvalue weighted by Gasteiger charge is 2.36. The molecule has 2 N–H and O–H groups in total. The number of hydrogen-bond donors (Lipinski definition) is 2. The highest BCUT2D eigenvalue weighted by atomic mass is 16.3. The van der Waals surface area contributed by atoms with Crippen LogP contribution in [-0.2, 0) is 16.1 Å². The number of fused-ring (bicyclic) bond motifs is 1. The zero-order valence-electron chi connectivity index (χ0n) is 16.7. The highest BCUT2D eigenvalue weighted by molar-refractivity contribution is 5.89. The summed E-state index contributed by atoms with van der Waals surface area (Å²) in [5.74, 6) is 1.19. The van der Waals surface area contributed by atoms with Gasteiger partial charge in [-0.3, -0.25) is 9.59 Å². The van der Waals surface area contributed by atoms with E-state index in [1.54, 1.807) is 17.2 Å². The number of amides is 2. The molecule has 0 saturated carbocycles. The van der Waals surface area contributed by atoms with Gasteiger partial charge in [-0.25, -0.2) is 4.98 Å². The van der Waals surface area contributed by atoms with Crippen LogP contribution in [0.15, 0.2) is 47.1 Å². The van der Waals surface area contributed by atoms with Crippen LogP contribution in [0.1, 0.15) is 44.3 Å². The average molecular weight is 394 g/mol. The zero-order chi connectivity index (χ0) is 20.4. The van der Waals surface area contributed by atoms with Gasteiger partial charge in [-0.1, -0.05) is 32.4 Å². The van der Waals surface area contributed by atoms with Crippen molar-refractivity contribution in [3.8, 4) is 0 Å². The van der Waals surface area contributed by atoms with Crippen molar-refractivity contribution in [1.29, 1.82) is 0 Å². The first-order valence-electron chi connectivity index (χ1n) is 10.1. The molecule has 1 aromatic carbocycles. The number of carbonyl (C=O) groups excluding carboxylic acids is 2. The number of nitrogens with zero attached hydrogens (tertiary/aromatic N) is 2. The topological polar surface area (TPSA) is 91.2 Å². The number of furan rings is 1. The van der Waals surface area contributed by atoms with E-state index in [0.29, 0.717) is 13.1 Å². The molecule has 0 spiro atoms. The van der Waals surface area contributed by atoms with E-state index in [9.17, 15) is 9.59 Å². The lowest BCUT2D eigenvalue weighted by atomic mass is 9.97. The van der Waals surface area contributed by atoms with Gasteiger partial charge in [-0.05, 0) is 30.2 Å². The van der Waals surface area contributed by atoms with Crippen molar-refractivity contribution in [3.05, 3.63) is 54.2 Å². The SMILES string of the molecule is CC[C@@H](C)[C@@H](NC(=O)[C@@H]1CC(=O)N(Cc2ccco2)C1)c1nc2ccccc2[nH]1. The highest BCUT2D eigenvalue weighted by Crippen LogP contribution is 2.27. The molecule has 4 rings (SSSR count). The van der Waals surface area contributed by atoms with Crippen LogP contribution in [0, 0.1) is 11.8 Å². The average Bonchev–Trinajstić information content (AvgIpc) is 3.46. The largest absolute Gasteiger partial charge is 0.467 e. The molecule has 0 bridgehead atoms. The summed E-state index contributed by atoms with van der Waals surface area (Å²) in [6, 6.07) is 11.2. The second-order valence-corrected chi connectivity index (χ2v) is 7.77. The predicted octanol–water partition coefficient (Wildman–Crippen LogP) is 3.41. The first kappa shape index (κ1) is 19.2. The number of aromatic amines is 1. The maximum atomic E-state index is 13.0. The van der Waals surface area contributed by atoms with Gasteiger partial charge in [0.05, 0.1) is 35.8 Å². The number of nitrogens with one attached hydrogen (secondary N) is 2. The fourth-order valence-corrected chi connectivity index (χ4v) is 3.80. The Hall–Kier alpha value is -3.09. The van der Waals surface area contributed by atoms with E-state index < -0.39 is 0 Å². The summed E-state index contributed by atoms with van der Waals surface area (Å²) < 4.78 is 5.33. The molecular weight excluding hydrogens is 368 g/mol. The molecule has 1 aliphatic rings. The lowest BCUT2D eigenvalue weighted by Gasteiger charge is -2.24. The first-order chi connectivity index (χ1) is 14.0. The number of carbonyl (C=O) groups is 2. The normalized spacial score (nSPS) is 18.9. The molecule has 2 amide bonds. The molecular formula is C22H26N4O3. The third-order valence-corrected chi connectivity index (χ3v) is 5.73. The third kappa shape index (κ3) is 4.04. The Morgan fingerprint density at radius 3 is 2.90 bits per heavy atom. The summed E-state index contributed by atoms with van der Waals surface area (Å²) in [6.07, 6.45) is 2.71. The number of para-hydroxylation sites is 2. The predicted molar refractivity (Wildman–Crippen MR) is 109 cm³/mol. The Morgan fingerprint density at radius 2 is 2.17 bits per heavy atom. The van der Waals surface area contributed by atoms with Crippen LogP contribution in [0.25, 0.3) is 11.0 Å². The molecule has 1 fully saturated rings. The Bertz CT molecular complexity index is 962. The monoisotopic (exact) mass is 394 g/mol. The van der Waals surface area contributed by atoms with Crippen LogP contribution in [0.2, 0.25) is 0 Å². The minimum Gasteiger partial charge on any atom is -0.467 e. The van der Waals surface area contributed by atoms with Crippen molar-refractivity contribution in [2.45, 2.75) is 39.3 Å². The molecule has 7 nitrogen and oxygen atoms in total. The first-order valence-corrected chi connectivity index (χ1v) is 10.1. The molecule has 152 valence electrons. The molecule has 2 aromatic heterocycles. The van der Waals surface area contributed by atoms with Crippen molar-refractivity contribution in [2.75, 3.05) is 6.54 Å². The quantitative estimate of drug-likeness (QED) is 0.642. The van der Waals surface area contributed by atoms with E-state index >= 15 is 0 Å². The number of benzene rings is 1. The molecule has 0 aliphatic carbocycles. The molecule has 7 heteroatoms. The molecule has 1 aliphatic heterocycles. The maximum Gasteiger partial charge on any atom is 0.226 e. The standard InChI is InChI=1S/C22H26N4O3/c1-3-14(2)20(21-23-17-8-4-5-9-18(17)24-21)25-22(28)15-11-19(27)26(12-15)13-16-7-6-10-29-16/h4-10,14-15,20H,3,11-13H2,1-2H3,(H,23,24)(H,25,28)/t14-,15-,20-/m1/s1. The molecule has 1 saturated heterocycles. The van der Waals surface area contributed by atoms with Crippen LogP contribution < -0.4 is 5.32 Å². The van der Waals surface area contributed by atoms with Gasteiger partial charge in [-0.15, -0.1) is 0 Å². The number of hydrogen-bond acceptors (Lipinski definition) is 4. The van der Waals surface area contributed by atoms with Crippen molar-refractivity contribution in [1.82, 2.24) is 20.2 Å². The number of H-pyrrole nitrogens is 1. The van der Waals surface area contributed by atoms with Crippen LogP contribution in [0.4, 0.5) is 0 Å². The number of likely N-dealkylation sites (tertiary alicyclic amines) is 1. The Kier molecular flexibility index (Phi) is 5.38. The van der Waals surface area contributed by atoms with E-state index in [-0.39, 0.29) is 36.1 Å². The van der Waals surface area contributed by atoms with Crippen LogP contribution in [0.3, 0.4) is 0 Å². The van der Waals surface area contributed by atoms with Crippen LogP contribution >= 0.6 is 0 Å². The van der Waals surface area contributed by atoms with Gasteiger partial charge in [0, 0.05) is 13.0 Å². The van der Waals surface area contributed by atoms with E-state index in [2.05, 4.69) is 29.1 Å². The van der Waals surface area contributed by atoms with Crippen molar-refractivity contribution < 1.29 is 14.0 Å². The second-order valence-electron chi connectivity index (χ2n) is 7.77. The summed E-state index contributed by atoms with van der Waals surface area (Å²) in [4.78, 5) is 35.1. The van der Waals surface area contributed by atoms with Crippen molar-refractivity contribution >= 4 is 22.8 Å². The minimum atomic E-state index is -0.367. The lowest BCUT2D eigenvalue weighted by Crippen LogP contribution is -2.38. The van der Waals surface area contributed by atoms with Gasteiger partial charge in [0.2, 0.25) is 11.8 Å². The van der Waals surface area contributed by atoms with Gasteiger partial charge >= 0.3 is 0 Å². The van der Waals surface area contributed by atoms with Crippen LogP contribution in [-0.4, -0.2) is 33.2 Å². The van der Waals surface area contributed by atoms with Gasteiger partial charge in [0.1, 0.15) is 11.6 Å². The number of aromatic nitrogens is 2. The molecule has 29 heavy (non-hydrogen) atoms. The van der Waals surface area contributed by atoms with E-state index in [1.165, 1.54) is 0 Å². The van der Waals surface area contributed by atoms with Gasteiger partial charge in [0.15, 0.2) is 0 Å². The minimum absolute atomic E-state index is 0.0228. The van der Waals surface area contributed by atoms with Gasteiger partial charge in [-0.2, -0.15) is 0 Å². The molecule has 3 atom stereocenters. The third-order valence-electron chi connectivity index (χ3n) is 5.73. The van der Waals surface area contributed by atoms with E-state index in [0.717, 1.165) is 29.0 Å². The summed E-state index contributed by atoms with van der Waals surface area (Å²) in [5, 5.41) is 3.15. The van der Waals surface area contributed by atoms with E-state index in [4.69, 9.17) is 4.42 Å². The molecule has 3 heterocycles. The Balaban J connectivity index is 1.47. The van der Waals surface area contributed by atoms with Crippen molar-refractivity contribution in [3.63, 3.8) is 0 Å². The number of imidazole rings is 1. The van der Waals surface area contributed by atoms with Crippen LogP contribution in [0.5, 0.6) is 0 Å². The maximum absolute atomic E-state index is 13.0. The summed E-state index contributed by atoms with van der Waals surface area (Å²) in [6.45, 7) is 4.99. The lowest BCUT2D eigenvalue weighted by molar-refractivity contribution is -0.129.